The van der Waals surface area contributed by atoms with E-state index >= 15 is 0 Å². The summed E-state index contributed by atoms with van der Waals surface area (Å²) in [5, 5.41) is 9.99. The lowest BCUT2D eigenvalue weighted by Gasteiger charge is -2.11. The highest BCUT2D eigenvalue weighted by atomic mass is 19.1. The van der Waals surface area contributed by atoms with E-state index in [2.05, 4.69) is 4.98 Å². The van der Waals surface area contributed by atoms with E-state index in [-0.39, 0.29) is 5.75 Å². The van der Waals surface area contributed by atoms with Crippen LogP contribution in [0.15, 0.2) is 42.7 Å². The summed E-state index contributed by atoms with van der Waals surface area (Å²) < 4.78 is 18.4. The van der Waals surface area contributed by atoms with Crippen molar-refractivity contribution in [2.75, 3.05) is 7.11 Å². The molecule has 1 N–H and O–H groups in total. The third kappa shape index (κ3) is 3.76. The number of aromatic nitrogens is 1. The molecule has 19 heavy (non-hydrogen) atoms. The lowest BCUT2D eigenvalue weighted by Crippen LogP contribution is -2.14. The minimum absolute atomic E-state index is 0.213. The van der Waals surface area contributed by atoms with Gasteiger partial charge in [-0.25, -0.2) is 4.39 Å². The van der Waals surface area contributed by atoms with Crippen LogP contribution in [0, 0.1) is 5.82 Å². The lowest BCUT2D eigenvalue weighted by molar-refractivity contribution is 0.175. The number of methoxy groups -OCH3 is 1. The summed E-state index contributed by atoms with van der Waals surface area (Å²) in [7, 11) is 1.43. The molecule has 1 heterocycles. The van der Waals surface area contributed by atoms with Gasteiger partial charge in [-0.2, -0.15) is 0 Å². The van der Waals surface area contributed by atoms with Crippen LogP contribution in [0.5, 0.6) is 5.75 Å². The molecule has 0 bridgehead atoms. The lowest BCUT2D eigenvalue weighted by atomic mass is 10.0. The Kier molecular flexibility index (Phi) is 4.47. The molecule has 0 radical (unpaired) electrons. The molecule has 100 valence electrons. The first kappa shape index (κ1) is 13.5. The minimum atomic E-state index is -0.558. The predicted molar refractivity (Wildman–Crippen MR) is 70.6 cm³/mol. The van der Waals surface area contributed by atoms with Crippen molar-refractivity contribution in [2.24, 2.45) is 0 Å². The average molecular weight is 261 g/mol. The summed E-state index contributed by atoms with van der Waals surface area (Å²) in [6.45, 7) is 0. The van der Waals surface area contributed by atoms with E-state index in [1.165, 1.54) is 13.2 Å². The summed E-state index contributed by atoms with van der Waals surface area (Å²) in [5.74, 6) is -0.195. The molecule has 1 atom stereocenters. The average Bonchev–Trinajstić information content (AvgIpc) is 2.40. The van der Waals surface area contributed by atoms with Crippen LogP contribution >= 0.6 is 0 Å². The number of pyridine rings is 1. The van der Waals surface area contributed by atoms with E-state index in [1.54, 1.807) is 24.5 Å². The van der Waals surface area contributed by atoms with Crippen molar-refractivity contribution in [1.82, 2.24) is 4.98 Å². The van der Waals surface area contributed by atoms with E-state index in [4.69, 9.17) is 4.74 Å². The van der Waals surface area contributed by atoms with E-state index in [1.807, 2.05) is 12.1 Å². The van der Waals surface area contributed by atoms with Crippen molar-refractivity contribution >= 4 is 0 Å². The van der Waals surface area contributed by atoms with Gasteiger partial charge in [0.25, 0.3) is 0 Å². The number of benzene rings is 1. The second-order valence-corrected chi connectivity index (χ2v) is 4.39. The summed E-state index contributed by atoms with van der Waals surface area (Å²) in [6, 6.07) is 8.46. The fourth-order valence-corrected chi connectivity index (χ4v) is 1.97. The van der Waals surface area contributed by atoms with Crippen molar-refractivity contribution in [3.63, 3.8) is 0 Å². The molecule has 0 amide bonds. The Morgan fingerprint density at radius 2 is 2.05 bits per heavy atom. The smallest absolute Gasteiger partial charge is 0.165 e. The number of nitrogens with zero attached hydrogens (tertiary/aromatic N) is 1. The maximum Gasteiger partial charge on any atom is 0.165 e. The number of rotatable bonds is 5. The van der Waals surface area contributed by atoms with Gasteiger partial charge in [0.1, 0.15) is 0 Å². The van der Waals surface area contributed by atoms with E-state index in [9.17, 15) is 9.50 Å². The molecule has 3 nitrogen and oxygen atoms in total. The Hall–Kier alpha value is -1.94. The van der Waals surface area contributed by atoms with Crippen LogP contribution in [0.1, 0.15) is 11.1 Å². The second kappa shape index (κ2) is 6.29. The van der Waals surface area contributed by atoms with E-state index in [0.29, 0.717) is 12.8 Å². The Morgan fingerprint density at radius 1 is 1.26 bits per heavy atom. The molecule has 0 aliphatic rings. The van der Waals surface area contributed by atoms with E-state index in [0.717, 1.165) is 11.1 Å². The number of hydrogen-bond donors (Lipinski definition) is 1. The zero-order valence-corrected chi connectivity index (χ0v) is 10.7. The Balaban J connectivity index is 1.99. The third-order valence-corrected chi connectivity index (χ3v) is 2.88. The Labute approximate surface area is 111 Å². The van der Waals surface area contributed by atoms with Crippen LogP contribution in [0.3, 0.4) is 0 Å². The number of hydrogen-bond acceptors (Lipinski definition) is 3. The molecule has 1 aromatic carbocycles. The summed E-state index contributed by atoms with van der Waals surface area (Å²) >= 11 is 0. The van der Waals surface area contributed by atoms with Gasteiger partial charge < -0.3 is 9.84 Å². The van der Waals surface area contributed by atoms with Crippen LogP contribution in [-0.4, -0.2) is 23.3 Å². The monoisotopic (exact) mass is 261 g/mol. The van der Waals surface area contributed by atoms with Gasteiger partial charge in [0.15, 0.2) is 11.6 Å². The van der Waals surface area contributed by atoms with Crippen molar-refractivity contribution in [3.8, 4) is 5.75 Å². The fourth-order valence-electron chi connectivity index (χ4n) is 1.97. The summed E-state index contributed by atoms with van der Waals surface area (Å²) in [4.78, 5) is 3.99. The number of aliphatic hydroxyl groups is 1. The molecule has 1 aromatic heterocycles. The van der Waals surface area contributed by atoms with Crippen LogP contribution < -0.4 is 4.74 Å². The first-order valence-corrected chi connectivity index (χ1v) is 6.08. The molecule has 0 spiro atoms. The van der Waals surface area contributed by atoms with Crippen LogP contribution in [0.25, 0.3) is 0 Å². The minimum Gasteiger partial charge on any atom is -0.494 e. The topological polar surface area (TPSA) is 42.4 Å². The molecule has 0 aliphatic heterocycles. The highest BCUT2D eigenvalue weighted by Crippen LogP contribution is 2.19. The molecular weight excluding hydrogens is 245 g/mol. The van der Waals surface area contributed by atoms with Crippen LogP contribution in [0.4, 0.5) is 4.39 Å². The largest absolute Gasteiger partial charge is 0.494 e. The number of ether oxygens (including phenoxy) is 1. The molecule has 2 aromatic rings. The molecule has 1 unspecified atom stereocenters. The van der Waals surface area contributed by atoms with Gasteiger partial charge in [0, 0.05) is 18.8 Å². The molecule has 4 heteroatoms. The van der Waals surface area contributed by atoms with Crippen LogP contribution in [0.2, 0.25) is 0 Å². The van der Waals surface area contributed by atoms with E-state index < -0.39 is 11.9 Å². The molecule has 0 saturated heterocycles. The van der Waals surface area contributed by atoms with Gasteiger partial charge in [-0.1, -0.05) is 12.1 Å². The highest BCUT2D eigenvalue weighted by Gasteiger charge is 2.09. The van der Waals surface area contributed by atoms with Gasteiger partial charge in [-0.3, -0.25) is 4.98 Å². The maximum atomic E-state index is 13.5. The SMILES string of the molecule is COc1ccc(CC(O)Cc2cccnc2)cc1F. The maximum absolute atomic E-state index is 13.5. The van der Waals surface area contributed by atoms with Gasteiger partial charge in [-0.15, -0.1) is 0 Å². The molecule has 0 aliphatic carbocycles. The van der Waals surface area contributed by atoms with Gasteiger partial charge >= 0.3 is 0 Å². The quantitative estimate of drug-likeness (QED) is 0.898. The zero-order chi connectivity index (χ0) is 13.7. The first-order chi connectivity index (χ1) is 9.19. The van der Waals surface area contributed by atoms with Crippen LogP contribution in [-0.2, 0) is 12.8 Å². The number of halogens is 1. The fraction of sp³-hybridized carbons (Fsp3) is 0.267. The van der Waals surface area contributed by atoms with Crippen molar-refractivity contribution < 1.29 is 14.2 Å². The zero-order valence-electron chi connectivity index (χ0n) is 10.7. The van der Waals surface area contributed by atoms with Crippen molar-refractivity contribution in [3.05, 3.63) is 59.7 Å². The second-order valence-electron chi connectivity index (χ2n) is 4.39. The Bertz CT molecular complexity index is 531. The Morgan fingerprint density at radius 3 is 2.68 bits per heavy atom. The third-order valence-electron chi connectivity index (χ3n) is 2.88. The first-order valence-electron chi connectivity index (χ1n) is 6.08. The standard InChI is InChI=1S/C15H16FNO2/c1-19-15-5-4-11(9-14(15)16)7-13(18)8-12-3-2-6-17-10-12/h2-6,9-10,13,18H,7-8H2,1H3. The predicted octanol–water partition coefficient (Wildman–Crippen LogP) is 2.38. The van der Waals surface area contributed by atoms with Gasteiger partial charge in [-0.05, 0) is 35.7 Å². The molecule has 2 rings (SSSR count). The van der Waals surface area contributed by atoms with Gasteiger partial charge in [0.05, 0.1) is 13.2 Å². The summed E-state index contributed by atoms with van der Waals surface area (Å²) in [5.41, 5.74) is 1.71. The summed E-state index contributed by atoms with van der Waals surface area (Å²) in [6.07, 6.45) is 3.75. The van der Waals surface area contributed by atoms with Gasteiger partial charge in [0.2, 0.25) is 0 Å². The highest BCUT2D eigenvalue weighted by molar-refractivity contribution is 5.29. The molecular formula is C15H16FNO2. The normalized spacial score (nSPS) is 12.2. The number of aliphatic hydroxyl groups excluding tert-OH is 1. The molecule has 0 saturated carbocycles. The van der Waals surface area contributed by atoms with Crippen molar-refractivity contribution in [1.29, 1.82) is 0 Å². The molecule has 0 fully saturated rings. The van der Waals surface area contributed by atoms with Crippen molar-refractivity contribution in [2.45, 2.75) is 18.9 Å².